The molecule has 11 nitrogen and oxygen atoms in total. The van der Waals surface area contributed by atoms with Gasteiger partial charge in [0, 0.05) is 32.6 Å². The molecule has 0 atom stereocenters. The molecule has 12 heteroatoms. The van der Waals surface area contributed by atoms with Gasteiger partial charge in [-0.25, -0.2) is 9.18 Å². The van der Waals surface area contributed by atoms with Crippen molar-refractivity contribution >= 4 is 28.7 Å². The number of carbonyl (C=O) groups excluding carboxylic acids is 2. The Hall–Kier alpha value is -4.22. The zero-order chi connectivity index (χ0) is 24.8. The number of likely N-dealkylation sites (N-methyl/N-ethyl adjacent to an activating group) is 1. The minimum atomic E-state index is -0.698. The van der Waals surface area contributed by atoms with Gasteiger partial charge in [-0.05, 0) is 30.2 Å². The first-order valence-corrected chi connectivity index (χ1v) is 10.2. The Bertz CT molecular complexity index is 1280. The van der Waals surface area contributed by atoms with Crippen LogP contribution in [0.25, 0.3) is 11.1 Å². The van der Waals surface area contributed by atoms with Gasteiger partial charge in [0.05, 0.1) is 23.6 Å². The number of aromatic nitrogens is 1. The number of halogens is 1. The Labute approximate surface area is 192 Å². The van der Waals surface area contributed by atoms with Gasteiger partial charge in [0.1, 0.15) is 0 Å². The summed E-state index contributed by atoms with van der Waals surface area (Å²) in [5.74, 6) is -2.25. The van der Waals surface area contributed by atoms with Gasteiger partial charge in [0.2, 0.25) is 0 Å². The molecule has 0 saturated carbocycles. The molecule has 0 N–H and O–H groups in total. The van der Waals surface area contributed by atoms with Crippen molar-refractivity contribution in [1.29, 1.82) is 0 Å². The predicted molar refractivity (Wildman–Crippen MR) is 117 cm³/mol. The molecule has 34 heavy (non-hydrogen) atoms. The summed E-state index contributed by atoms with van der Waals surface area (Å²) in [6.45, 7) is -0.242. The molecule has 3 aromatic rings. The van der Waals surface area contributed by atoms with Crippen molar-refractivity contribution < 1.29 is 32.8 Å². The Morgan fingerprint density at radius 2 is 2.00 bits per heavy atom. The molecule has 1 heterocycles. The van der Waals surface area contributed by atoms with Crippen LogP contribution in [0.5, 0.6) is 5.75 Å². The third-order valence-electron chi connectivity index (χ3n) is 5.04. The van der Waals surface area contributed by atoms with E-state index in [2.05, 4.69) is 0 Å². The first-order chi connectivity index (χ1) is 16.2. The summed E-state index contributed by atoms with van der Waals surface area (Å²) in [5, 5.41) is 10.8. The highest BCUT2D eigenvalue weighted by Crippen LogP contribution is 2.21. The number of non-ortho nitro benzene ring substituents is 1. The van der Waals surface area contributed by atoms with Gasteiger partial charge in [-0.1, -0.05) is 6.07 Å². The summed E-state index contributed by atoms with van der Waals surface area (Å²) < 4.78 is 29.9. The number of hydrogen-bond acceptors (Lipinski definition) is 8. The van der Waals surface area contributed by atoms with E-state index in [0.717, 1.165) is 6.07 Å². The van der Waals surface area contributed by atoms with Crippen LogP contribution in [0, 0.1) is 15.9 Å². The lowest BCUT2D eigenvalue weighted by molar-refractivity contribution is -0.384. The van der Waals surface area contributed by atoms with Crippen LogP contribution in [-0.2, 0) is 27.4 Å². The van der Waals surface area contributed by atoms with Crippen LogP contribution >= 0.6 is 0 Å². The second kappa shape index (κ2) is 10.6. The molecule has 0 aliphatic rings. The van der Waals surface area contributed by atoms with Crippen LogP contribution in [0.15, 0.2) is 45.6 Å². The topological polar surface area (TPSA) is 134 Å². The van der Waals surface area contributed by atoms with Crippen molar-refractivity contribution in [3.63, 3.8) is 0 Å². The number of benzene rings is 2. The number of nitro benzene ring substituents is 1. The maximum absolute atomic E-state index is 13.8. The Balaban J connectivity index is 1.47. The Kier molecular flexibility index (Phi) is 7.61. The number of fused-ring (bicyclic) bond motifs is 1. The standard InChI is InChI=1S/C22H22FN3O8/c1-24(12-14-5-8-18(32-2)16(23)10-14)20(27)13-33-21(28)4-3-9-25-17-7-6-15(26(30)31)11-19(17)34-22(25)29/h5-8,10-11H,3-4,9,12-13H2,1-2H3. The maximum atomic E-state index is 13.8. The number of ether oxygens (including phenoxy) is 2. The van der Waals surface area contributed by atoms with E-state index < -0.39 is 35.0 Å². The van der Waals surface area contributed by atoms with Crippen molar-refractivity contribution in [3.8, 4) is 5.75 Å². The molecular formula is C22H22FN3O8. The van der Waals surface area contributed by atoms with Crippen LogP contribution in [0.2, 0.25) is 0 Å². The second-order valence-corrected chi connectivity index (χ2v) is 7.41. The smallest absolute Gasteiger partial charge is 0.419 e. The molecule has 0 aliphatic carbocycles. The van der Waals surface area contributed by atoms with E-state index in [4.69, 9.17) is 13.9 Å². The lowest BCUT2D eigenvalue weighted by atomic mass is 10.2. The molecule has 0 aliphatic heterocycles. The molecule has 180 valence electrons. The molecule has 2 aromatic carbocycles. The van der Waals surface area contributed by atoms with Crippen molar-refractivity contribution in [2.24, 2.45) is 0 Å². The van der Waals surface area contributed by atoms with Crippen molar-refractivity contribution in [2.75, 3.05) is 20.8 Å². The first kappa shape index (κ1) is 24.4. The monoisotopic (exact) mass is 475 g/mol. The van der Waals surface area contributed by atoms with E-state index >= 15 is 0 Å². The van der Waals surface area contributed by atoms with Gasteiger partial charge in [0.15, 0.2) is 23.8 Å². The van der Waals surface area contributed by atoms with Crippen LogP contribution in [-0.4, -0.2) is 47.0 Å². The number of aryl methyl sites for hydroxylation is 1. The third-order valence-corrected chi connectivity index (χ3v) is 5.04. The zero-order valence-corrected chi connectivity index (χ0v) is 18.5. The zero-order valence-electron chi connectivity index (χ0n) is 18.5. The highest BCUT2D eigenvalue weighted by molar-refractivity contribution is 5.80. The predicted octanol–water partition coefficient (Wildman–Crippen LogP) is 2.63. The second-order valence-electron chi connectivity index (χ2n) is 7.41. The number of hydrogen-bond donors (Lipinski definition) is 0. The fourth-order valence-corrected chi connectivity index (χ4v) is 3.26. The van der Waals surface area contributed by atoms with E-state index in [1.54, 1.807) is 6.07 Å². The number of esters is 1. The van der Waals surface area contributed by atoms with Gasteiger partial charge in [-0.2, -0.15) is 0 Å². The van der Waals surface area contributed by atoms with Crippen LogP contribution in [0.3, 0.4) is 0 Å². The fourth-order valence-electron chi connectivity index (χ4n) is 3.26. The lowest BCUT2D eigenvalue weighted by Gasteiger charge is -2.17. The Morgan fingerprint density at radius 3 is 2.68 bits per heavy atom. The molecule has 0 saturated heterocycles. The number of carbonyl (C=O) groups is 2. The average molecular weight is 475 g/mol. The minimum absolute atomic E-state index is 0.0627. The number of nitro groups is 1. The van der Waals surface area contributed by atoms with E-state index in [9.17, 15) is 28.9 Å². The summed E-state index contributed by atoms with van der Waals surface area (Å²) in [5.41, 5.74) is 0.787. The first-order valence-electron chi connectivity index (χ1n) is 10.2. The van der Waals surface area contributed by atoms with Crippen molar-refractivity contribution in [3.05, 3.63) is 68.4 Å². The maximum Gasteiger partial charge on any atom is 0.419 e. The van der Waals surface area contributed by atoms with E-state index in [-0.39, 0.29) is 43.0 Å². The summed E-state index contributed by atoms with van der Waals surface area (Å²) >= 11 is 0. The largest absolute Gasteiger partial charge is 0.494 e. The highest BCUT2D eigenvalue weighted by Gasteiger charge is 2.16. The SMILES string of the molecule is COc1ccc(CN(C)C(=O)COC(=O)CCCn2c(=O)oc3cc([N+](=O)[O-])ccc32)cc1F. The van der Waals surface area contributed by atoms with Crippen molar-refractivity contribution in [2.45, 2.75) is 25.9 Å². The van der Waals surface area contributed by atoms with E-state index in [1.807, 2.05) is 0 Å². The van der Waals surface area contributed by atoms with Gasteiger partial charge in [-0.15, -0.1) is 0 Å². The molecule has 1 amide bonds. The van der Waals surface area contributed by atoms with E-state index in [1.165, 1.54) is 47.9 Å². The highest BCUT2D eigenvalue weighted by atomic mass is 19.1. The van der Waals surface area contributed by atoms with Crippen LogP contribution in [0.4, 0.5) is 10.1 Å². The Morgan fingerprint density at radius 1 is 1.24 bits per heavy atom. The fraction of sp³-hybridized carbons (Fsp3) is 0.318. The number of methoxy groups -OCH3 is 1. The molecule has 0 bridgehead atoms. The summed E-state index contributed by atoms with van der Waals surface area (Å²) in [6, 6.07) is 8.15. The van der Waals surface area contributed by atoms with Crippen molar-refractivity contribution in [1.82, 2.24) is 9.47 Å². The molecule has 0 spiro atoms. The molecular weight excluding hydrogens is 453 g/mol. The molecule has 0 radical (unpaired) electrons. The van der Waals surface area contributed by atoms with Gasteiger partial charge in [0.25, 0.3) is 11.6 Å². The van der Waals surface area contributed by atoms with Gasteiger partial charge < -0.3 is 18.8 Å². The number of nitrogens with zero attached hydrogens (tertiary/aromatic N) is 3. The third kappa shape index (κ3) is 5.77. The molecule has 0 fully saturated rings. The summed E-state index contributed by atoms with van der Waals surface area (Å²) in [4.78, 5) is 47.8. The molecule has 1 aromatic heterocycles. The normalized spacial score (nSPS) is 10.8. The quantitative estimate of drug-likeness (QED) is 0.248. The van der Waals surface area contributed by atoms with Crippen LogP contribution < -0.4 is 10.5 Å². The van der Waals surface area contributed by atoms with Gasteiger partial charge in [-0.3, -0.25) is 24.3 Å². The minimum Gasteiger partial charge on any atom is -0.494 e. The van der Waals surface area contributed by atoms with Gasteiger partial charge >= 0.3 is 11.7 Å². The molecule has 0 unspecified atom stereocenters. The molecule has 3 rings (SSSR count). The number of oxazole rings is 1. The van der Waals surface area contributed by atoms with Crippen LogP contribution in [0.1, 0.15) is 18.4 Å². The average Bonchev–Trinajstić information content (AvgIpc) is 3.11. The summed E-state index contributed by atoms with van der Waals surface area (Å²) in [7, 11) is 2.85. The number of amides is 1. The lowest BCUT2D eigenvalue weighted by Crippen LogP contribution is -2.30. The summed E-state index contributed by atoms with van der Waals surface area (Å²) in [6.07, 6.45) is 0.159. The number of rotatable bonds is 10. The van der Waals surface area contributed by atoms with E-state index in [0.29, 0.717) is 11.1 Å².